The first-order valence-corrected chi connectivity index (χ1v) is 6.17. The molecule has 6 heteroatoms. The van der Waals surface area contributed by atoms with Crippen LogP contribution >= 0.6 is 0 Å². The fourth-order valence-electron chi connectivity index (χ4n) is 1.88. The van der Waals surface area contributed by atoms with Crippen LogP contribution in [-0.4, -0.2) is 44.0 Å². The fourth-order valence-corrected chi connectivity index (χ4v) is 1.88. The van der Waals surface area contributed by atoms with Crippen LogP contribution in [0, 0.1) is 0 Å². The lowest BCUT2D eigenvalue weighted by molar-refractivity contribution is 0.0941. The molecule has 0 aliphatic rings. The average Bonchev–Trinajstić information content (AvgIpc) is 2.78. The summed E-state index contributed by atoms with van der Waals surface area (Å²) in [5, 5.41) is 18.6. The van der Waals surface area contributed by atoms with E-state index >= 15 is 0 Å². The lowest BCUT2D eigenvalue weighted by Gasteiger charge is -2.15. The Morgan fingerprint density at radius 2 is 2.10 bits per heavy atom. The molecular formula is C14H17N3O3. The highest BCUT2D eigenvalue weighted by Crippen LogP contribution is 2.25. The number of carbonyl (C=O) groups is 1. The number of rotatable bonds is 5. The maximum absolute atomic E-state index is 12.1. The first-order chi connectivity index (χ1) is 9.47. The van der Waals surface area contributed by atoms with Crippen molar-refractivity contribution in [3.05, 3.63) is 42.0 Å². The molecule has 20 heavy (non-hydrogen) atoms. The number of likely N-dealkylation sites (N-methyl/N-ethyl adjacent to an activating group) is 1. The van der Waals surface area contributed by atoms with E-state index in [1.165, 1.54) is 18.2 Å². The number of phenols is 2. The van der Waals surface area contributed by atoms with Gasteiger partial charge in [0.1, 0.15) is 5.82 Å². The molecule has 0 atom stereocenters. The van der Waals surface area contributed by atoms with Crippen LogP contribution in [0.1, 0.15) is 16.2 Å². The number of phenolic OH excluding ortho intramolecular Hbond substituents is 2. The molecule has 2 rings (SSSR count). The normalized spacial score (nSPS) is 10.9. The molecule has 0 spiro atoms. The number of aryl methyl sites for hydroxylation is 1. The zero-order valence-corrected chi connectivity index (χ0v) is 11.4. The first-order valence-electron chi connectivity index (χ1n) is 6.17. The van der Waals surface area contributed by atoms with Gasteiger partial charge in [-0.05, 0) is 25.2 Å². The molecule has 0 amide bonds. The molecule has 1 aromatic heterocycles. The van der Waals surface area contributed by atoms with Gasteiger partial charge < -0.3 is 14.8 Å². The lowest BCUT2D eigenvalue weighted by Crippen LogP contribution is -2.26. The van der Waals surface area contributed by atoms with Crippen LogP contribution in [0.25, 0.3) is 0 Å². The molecule has 2 N–H and O–H groups in total. The van der Waals surface area contributed by atoms with Crippen LogP contribution in [-0.2, 0) is 13.6 Å². The summed E-state index contributed by atoms with van der Waals surface area (Å²) >= 11 is 0. The van der Waals surface area contributed by atoms with E-state index in [2.05, 4.69) is 4.98 Å². The molecule has 0 radical (unpaired) electrons. The van der Waals surface area contributed by atoms with Crippen molar-refractivity contribution in [2.45, 2.75) is 6.54 Å². The number of carbonyl (C=O) groups excluding carboxylic acids is 1. The second kappa shape index (κ2) is 5.75. The van der Waals surface area contributed by atoms with E-state index in [1.807, 2.05) is 29.8 Å². The van der Waals surface area contributed by atoms with Crippen molar-refractivity contribution in [3.8, 4) is 11.5 Å². The second-order valence-corrected chi connectivity index (χ2v) is 4.75. The average molecular weight is 275 g/mol. The summed E-state index contributed by atoms with van der Waals surface area (Å²) in [6.45, 7) is 0.760. The standard InChI is InChI=1S/C14H17N3O3/c1-16(9-14-15-5-6-17(14)2)8-13(20)10-3-4-11(18)12(19)7-10/h3-7,18-19H,8-9H2,1-2H3. The molecule has 1 aromatic carbocycles. The van der Waals surface area contributed by atoms with Crippen LogP contribution in [0.2, 0.25) is 0 Å². The van der Waals surface area contributed by atoms with Crippen molar-refractivity contribution < 1.29 is 15.0 Å². The Labute approximate surface area is 116 Å². The summed E-state index contributed by atoms with van der Waals surface area (Å²) in [7, 11) is 3.73. The van der Waals surface area contributed by atoms with Crippen LogP contribution < -0.4 is 0 Å². The van der Waals surface area contributed by atoms with Gasteiger partial charge in [-0.3, -0.25) is 9.69 Å². The van der Waals surface area contributed by atoms with Gasteiger partial charge in [-0.2, -0.15) is 0 Å². The Balaban J connectivity index is 2.00. The molecule has 0 saturated carbocycles. The number of benzene rings is 1. The Kier molecular flexibility index (Phi) is 4.05. The quantitative estimate of drug-likeness (QED) is 0.632. The summed E-state index contributed by atoms with van der Waals surface area (Å²) < 4.78 is 1.90. The summed E-state index contributed by atoms with van der Waals surface area (Å²) in [6.07, 6.45) is 3.56. The van der Waals surface area contributed by atoms with Gasteiger partial charge in [0.2, 0.25) is 0 Å². The van der Waals surface area contributed by atoms with Crippen molar-refractivity contribution in [2.24, 2.45) is 7.05 Å². The minimum absolute atomic E-state index is 0.128. The van der Waals surface area contributed by atoms with Crippen LogP contribution in [0.15, 0.2) is 30.6 Å². The fraction of sp³-hybridized carbons (Fsp3) is 0.286. The van der Waals surface area contributed by atoms with Crippen molar-refractivity contribution in [1.29, 1.82) is 0 Å². The first kappa shape index (κ1) is 14.1. The maximum atomic E-state index is 12.1. The van der Waals surface area contributed by atoms with E-state index < -0.39 is 0 Å². The number of hydrogen-bond donors (Lipinski definition) is 2. The van der Waals surface area contributed by atoms with Gasteiger partial charge in [0.25, 0.3) is 0 Å². The molecule has 0 fully saturated rings. The predicted molar refractivity (Wildman–Crippen MR) is 73.6 cm³/mol. The second-order valence-electron chi connectivity index (χ2n) is 4.75. The van der Waals surface area contributed by atoms with E-state index in [0.717, 1.165) is 5.82 Å². The van der Waals surface area contributed by atoms with Gasteiger partial charge in [-0.25, -0.2) is 4.98 Å². The number of aromatic nitrogens is 2. The van der Waals surface area contributed by atoms with Gasteiger partial charge in [-0.1, -0.05) is 0 Å². The zero-order chi connectivity index (χ0) is 14.7. The van der Waals surface area contributed by atoms with E-state index in [9.17, 15) is 15.0 Å². The van der Waals surface area contributed by atoms with Crippen molar-refractivity contribution in [2.75, 3.05) is 13.6 Å². The molecule has 0 saturated heterocycles. The number of ketones is 1. The van der Waals surface area contributed by atoms with Crippen LogP contribution in [0.4, 0.5) is 0 Å². The SMILES string of the molecule is CN(CC(=O)c1ccc(O)c(O)c1)Cc1nccn1C. The van der Waals surface area contributed by atoms with E-state index in [-0.39, 0.29) is 23.8 Å². The summed E-state index contributed by atoms with van der Waals surface area (Å²) in [6, 6.07) is 4.07. The summed E-state index contributed by atoms with van der Waals surface area (Å²) in [4.78, 5) is 18.1. The molecule has 0 aliphatic heterocycles. The third-order valence-electron chi connectivity index (χ3n) is 3.04. The Hall–Kier alpha value is -2.34. The number of Topliss-reactive ketones (excluding diaryl/α,β-unsaturated/α-hetero) is 1. The molecule has 6 nitrogen and oxygen atoms in total. The van der Waals surface area contributed by atoms with Crippen molar-refractivity contribution in [3.63, 3.8) is 0 Å². The maximum Gasteiger partial charge on any atom is 0.176 e. The van der Waals surface area contributed by atoms with Gasteiger partial charge >= 0.3 is 0 Å². The monoisotopic (exact) mass is 275 g/mol. The smallest absolute Gasteiger partial charge is 0.176 e. The van der Waals surface area contributed by atoms with Crippen LogP contribution in [0.3, 0.4) is 0 Å². The predicted octanol–water partition coefficient (Wildman–Crippen LogP) is 1.15. The van der Waals surface area contributed by atoms with Crippen molar-refractivity contribution in [1.82, 2.24) is 14.5 Å². The zero-order valence-electron chi connectivity index (χ0n) is 11.4. The van der Waals surface area contributed by atoms with E-state index in [4.69, 9.17) is 0 Å². The Bertz CT molecular complexity index is 622. The van der Waals surface area contributed by atoms with Gasteiger partial charge in [-0.15, -0.1) is 0 Å². The van der Waals surface area contributed by atoms with Gasteiger partial charge in [0, 0.05) is 25.0 Å². The highest BCUT2D eigenvalue weighted by atomic mass is 16.3. The lowest BCUT2D eigenvalue weighted by atomic mass is 10.1. The third kappa shape index (κ3) is 3.16. The molecule has 2 aromatic rings. The Morgan fingerprint density at radius 1 is 1.35 bits per heavy atom. The molecule has 0 aliphatic carbocycles. The number of aromatic hydroxyl groups is 2. The molecule has 0 bridgehead atoms. The van der Waals surface area contributed by atoms with Crippen molar-refractivity contribution >= 4 is 5.78 Å². The van der Waals surface area contributed by atoms with E-state index in [0.29, 0.717) is 12.1 Å². The molecule has 1 heterocycles. The third-order valence-corrected chi connectivity index (χ3v) is 3.04. The number of hydrogen-bond acceptors (Lipinski definition) is 5. The highest BCUT2D eigenvalue weighted by Gasteiger charge is 2.13. The number of nitrogens with zero attached hydrogens (tertiary/aromatic N) is 3. The summed E-state index contributed by atoms with van der Waals surface area (Å²) in [5.41, 5.74) is 0.368. The molecular weight excluding hydrogens is 258 g/mol. The molecule has 0 unspecified atom stereocenters. The number of imidazole rings is 1. The minimum Gasteiger partial charge on any atom is -0.504 e. The topological polar surface area (TPSA) is 78.6 Å². The van der Waals surface area contributed by atoms with Crippen LogP contribution in [0.5, 0.6) is 11.5 Å². The Morgan fingerprint density at radius 3 is 2.70 bits per heavy atom. The van der Waals surface area contributed by atoms with E-state index in [1.54, 1.807) is 6.20 Å². The largest absolute Gasteiger partial charge is 0.504 e. The van der Waals surface area contributed by atoms with Gasteiger partial charge in [0.05, 0.1) is 13.1 Å². The highest BCUT2D eigenvalue weighted by molar-refractivity contribution is 5.98. The minimum atomic E-state index is -0.289. The van der Waals surface area contributed by atoms with Gasteiger partial charge in [0.15, 0.2) is 17.3 Å². The summed E-state index contributed by atoms with van der Waals surface area (Å²) in [5.74, 6) is 0.219. The molecule has 106 valence electrons.